The van der Waals surface area contributed by atoms with Gasteiger partial charge < -0.3 is 14.9 Å². The summed E-state index contributed by atoms with van der Waals surface area (Å²) in [5.74, 6) is 0.438. The molecule has 25 heavy (non-hydrogen) atoms. The number of carbonyl (C=O) groups excluding carboxylic acids is 1. The van der Waals surface area contributed by atoms with Gasteiger partial charge in [0, 0.05) is 38.5 Å². The lowest BCUT2D eigenvalue weighted by Crippen LogP contribution is -2.44. The molecule has 0 aromatic carbocycles. The number of aliphatic hydroxyl groups is 1. The number of nitrogens with zero attached hydrogens (tertiary/aromatic N) is 5. The fraction of sp³-hybridized carbons (Fsp3) is 0.278. The quantitative estimate of drug-likeness (QED) is 0.845. The first-order valence-electron chi connectivity index (χ1n) is 8.24. The number of likely N-dealkylation sites (N-methyl/N-ethyl adjacent to an activating group) is 1. The predicted octanol–water partition coefficient (Wildman–Crippen LogP) is 1.74. The Bertz CT molecular complexity index is 917. The molecule has 0 amide bonds. The van der Waals surface area contributed by atoms with Crippen molar-refractivity contribution >= 4 is 28.5 Å². The Morgan fingerprint density at radius 2 is 1.96 bits per heavy atom. The third-order valence-electron chi connectivity index (χ3n) is 4.48. The monoisotopic (exact) mass is 337 g/mol. The summed E-state index contributed by atoms with van der Waals surface area (Å²) in [6.45, 7) is 3.66. The van der Waals surface area contributed by atoms with Gasteiger partial charge >= 0.3 is 0 Å². The number of allylic oxidation sites excluding steroid dienone is 3. The molecular formula is C18H19N5O2. The van der Waals surface area contributed by atoms with Crippen LogP contribution in [0, 0.1) is 0 Å². The summed E-state index contributed by atoms with van der Waals surface area (Å²) in [6.07, 6.45) is 6.01. The number of ketones is 1. The van der Waals surface area contributed by atoms with Gasteiger partial charge in [0.25, 0.3) is 0 Å². The number of piperazine rings is 1. The molecule has 1 fully saturated rings. The molecular weight excluding hydrogens is 318 g/mol. The fourth-order valence-corrected chi connectivity index (χ4v) is 3.03. The SMILES string of the molecule is CN1CCN(c2nn3ccccc3c2N=C2C=CC(=O)C=C2O)CC1. The van der Waals surface area contributed by atoms with Crippen LogP contribution in [0.25, 0.3) is 5.52 Å². The lowest BCUT2D eigenvalue weighted by Gasteiger charge is -2.32. The lowest BCUT2D eigenvalue weighted by atomic mass is 10.1. The average Bonchev–Trinajstić information content (AvgIpc) is 2.97. The average molecular weight is 337 g/mol. The third kappa shape index (κ3) is 2.94. The molecule has 3 heterocycles. The molecule has 1 aliphatic heterocycles. The van der Waals surface area contributed by atoms with E-state index in [1.165, 1.54) is 18.2 Å². The summed E-state index contributed by atoms with van der Waals surface area (Å²) in [5.41, 5.74) is 1.94. The number of hydrogen-bond acceptors (Lipinski definition) is 6. The van der Waals surface area contributed by atoms with Crippen molar-refractivity contribution < 1.29 is 9.90 Å². The van der Waals surface area contributed by atoms with E-state index in [4.69, 9.17) is 5.10 Å². The zero-order valence-corrected chi connectivity index (χ0v) is 14.0. The number of aliphatic hydroxyl groups excluding tert-OH is 1. The molecule has 1 aliphatic carbocycles. The maximum Gasteiger partial charge on any atom is 0.182 e. The van der Waals surface area contributed by atoms with E-state index in [1.54, 1.807) is 4.52 Å². The van der Waals surface area contributed by atoms with E-state index >= 15 is 0 Å². The molecule has 0 bridgehead atoms. The highest BCUT2D eigenvalue weighted by atomic mass is 16.3. The molecule has 2 aromatic rings. The standard InChI is InChI=1S/C18H19N5O2/c1-21-8-10-22(11-9-21)18-17(15-4-2-3-7-23(15)20-18)19-14-6-5-13(24)12-16(14)25/h2-7,12,25H,8-11H2,1H3. The Morgan fingerprint density at radius 3 is 2.72 bits per heavy atom. The molecule has 7 heteroatoms. The molecule has 128 valence electrons. The minimum Gasteiger partial charge on any atom is -0.506 e. The van der Waals surface area contributed by atoms with Crippen molar-refractivity contribution in [2.45, 2.75) is 0 Å². The highest BCUT2D eigenvalue weighted by molar-refractivity contribution is 6.19. The van der Waals surface area contributed by atoms with Crippen LogP contribution in [0.2, 0.25) is 0 Å². The number of aliphatic imine (C=N–C) groups is 1. The van der Waals surface area contributed by atoms with E-state index in [0.717, 1.165) is 37.5 Å². The molecule has 1 N–H and O–H groups in total. The summed E-state index contributed by atoms with van der Waals surface area (Å²) in [6, 6.07) is 5.80. The highest BCUT2D eigenvalue weighted by Gasteiger charge is 2.23. The molecule has 0 spiro atoms. The third-order valence-corrected chi connectivity index (χ3v) is 4.48. The second-order valence-electron chi connectivity index (χ2n) is 6.26. The van der Waals surface area contributed by atoms with Crippen LogP contribution in [0.15, 0.2) is 53.4 Å². The number of aromatic nitrogens is 2. The van der Waals surface area contributed by atoms with Crippen LogP contribution in [0.1, 0.15) is 0 Å². The zero-order valence-electron chi connectivity index (χ0n) is 14.0. The van der Waals surface area contributed by atoms with Crippen molar-refractivity contribution in [3.63, 3.8) is 0 Å². The maximum atomic E-state index is 11.4. The van der Waals surface area contributed by atoms with Crippen molar-refractivity contribution in [3.05, 3.63) is 48.4 Å². The summed E-state index contributed by atoms with van der Waals surface area (Å²) < 4.78 is 1.80. The summed E-state index contributed by atoms with van der Waals surface area (Å²) >= 11 is 0. The Labute approximate surface area is 145 Å². The number of carbonyl (C=O) groups is 1. The van der Waals surface area contributed by atoms with Gasteiger partial charge in [-0.05, 0) is 31.3 Å². The number of hydrogen-bond donors (Lipinski definition) is 1. The van der Waals surface area contributed by atoms with Crippen LogP contribution in [0.3, 0.4) is 0 Å². The second-order valence-corrected chi connectivity index (χ2v) is 6.26. The van der Waals surface area contributed by atoms with E-state index in [0.29, 0.717) is 11.4 Å². The van der Waals surface area contributed by atoms with Gasteiger partial charge in [0.05, 0.1) is 5.52 Å². The van der Waals surface area contributed by atoms with Gasteiger partial charge in [0.2, 0.25) is 0 Å². The smallest absolute Gasteiger partial charge is 0.182 e. The molecule has 0 saturated carbocycles. The van der Waals surface area contributed by atoms with Gasteiger partial charge in [0.1, 0.15) is 17.2 Å². The Kier molecular flexibility index (Phi) is 3.85. The number of rotatable bonds is 2. The van der Waals surface area contributed by atoms with E-state index in [2.05, 4.69) is 21.8 Å². The second kappa shape index (κ2) is 6.18. The molecule has 1 saturated heterocycles. The zero-order chi connectivity index (χ0) is 17.4. The molecule has 0 atom stereocenters. The largest absolute Gasteiger partial charge is 0.506 e. The van der Waals surface area contributed by atoms with Crippen LogP contribution < -0.4 is 4.90 Å². The molecule has 2 aromatic heterocycles. The molecule has 4 rings (SSSR count). The lowest BCUT2D eigenvalue weighted by molar-refractivity contribution is -0.110. The van der Waals surface area contributed by atoms with Gasteiger partial charge in [-0.2, -0.15) is 0 Å². The first-order valence-corrected chi connectivity index (χ1v) is 8.24. The normalized spacial score (nSPS) is 20.5. The Hall–Kier alpha value is -2.93. The minimum atomic E-state index is -0.240. The van der Waals surface area contributed by atoms with Crippen LogP contribution in [0.4, 0.5) is 11.5 Å². The van der Waals surface area contributed by atoms with Gasteiger partial charge in [-0.1, -0.05) is 6.07 Å². The van der Waals surface area contributed by atoms with Gasteiger partial charge in [-0.3, -0.25) is 4.79 Å². The number of pyridine rings is 1. The van der Waals surface area contributed by atoms with E-state index < -0.39 is 0 Å². The molecule has 2 aliphatic rings. The summed E-state index contributed by atoms with van der Waals surface area (Å²) in [7, 11) is 2.11. The van der Waals surface area contributed by atoms with Crippen molar-refractivity contribution in [2.75, 3.05) is 38.1 Å². The minimum absolute atomic E-state index is 0.118. The maximum absolute atomic E-state index is 11.4. The van der Waals surface area contributed by atoms with Crippen molar-refractivity contribution in [1.82, 2.24) is 14.5 Å². The van der Waals surface area contributed by atoms with Crippen LogP contribution in [0.5, 0.6) is 0 Å². The number of fused-ring (bicyclic) bond motifs is 1. The highest BCUT2D eigenvalue weighted by Crippen LogP contribution is 2.34. The molecule has 0 radical (unpaired) electrons. The van der Waals surface area contributed by atoms with Crippen molar-refractivity contribution in [1.29, 1.82) is 0 Å². The first kappa shape index (κ1) is 15.6. The fourth-order valence-electron chi connectivity index (χ4n) is 3.03. The topological polar surface area (TPSA) is 73.4 Å². The van der Waals surface area contributed by atoms with Gasteiger partial charge in [-0.25, -0.2) is 9.51 Å². The Morgan fingerprint density at radius 1 is 1.16 bits per heavy atom. The summed E-state index contributed by atoms with van der Waals surface area (Å²) in [4.78, 5) is 20.5. The van der Waals surface area contributed by atoms with E-state index in [9.17, 15) is 9.90 Å². The van der Waals surface area contributed by atoms with E-state index in [-0.39, 0.29) is 11.5 Å². The first-order chi connectivity index (χ1) is 12.1. The molecule has 7 nitrogen and oxygen atoms in total. The van der Waals surface area contributed by atoms with E-state index in [1.807, 2.05) is 24.4 Å². The van der Waals surface area contributed by atoms with Crippen LogP contribution in [-0.4, -0.2) is 64.3 Å². The van der Waals surface area contributed by atoms with Crippen molar-refractivity contribution in [2.24, 2.45) is 4.99 Å². The predicted molar refractivity (Wildman–Crippen MR) is 96.9 cm³/mol. The Balaban J connectivity index is 1.81. The van der Waals surface area contributed by atoms with Gasteiger partial charge in [0.15, 0.2) is 11.6 Å². The van der Waals surface area contributed by atoms with Crippen LogP contribution >= 0.6 is 0 Å². The van der Waals surface area contributed by atoms with Crippen LogP contribution in [-0.2, 0) is 4.79 Å². The molecule has 0 unspecified atom stereocenters. The number of anilines is 1. The van der Waals surface area contributed by atoms with Gasteiger partial charge in [-0.15, -0.1) is 5.10 Å². The van der Waals surface area contributed by atoms with Crippen molar-refractivity contribution in [3.8, 4) is 0 Å². The summed E-state index contributed by atoms with van der Waals surface area (Å²) in [5, 5.41) is 14.7.